The first-order valence-corrected chi connectivity index (χ1v) is 6.86. The van der Waals surface area contributed by atoms with Crippen LogP contribution in [0.25, 0.3) is 11.3 Å². The molecule has 0 unspecified atom stereocenters. The molecule has 4 nitrogen and oxygen atoms in total. The Kier molecular flexibility index (Phi) is 3.25. The SMILES string of the molecule is Cc1c(N2CCC(N)CC2)n[nH]c1-c1ccccc1. The van der Waals surface area contributed by atoms with Crippen LogP contribution in [-0.2, 0) is 0 Å². The van der Waals surface area contributed by atoms with Gasteiger partial charge in [-0.25, -0.2) is 0 Å². The minimum absolute atomic E-state index is 0.351. The first kappa shape index (κ1) is 12.2. The van der Waals surface area contributed by atoms with Crippen molar-refractivity contribution in [2.75, 3.05) is 18.0 Å². The Labute approximate surface area is 113 Å². The molecular weight excluding hydrogens is 236 g/mol. The Morgan fingerprint density at radius 2 is 1.89 bits per heavy atom. The highest BCUT2D eigenvalue weighted by atomic mass is 15.3. The lowest BCUT2D eigenvalue weighted by atomic mass is 10.0. The summed E-state index contributed by atoms with van der Waals surface area (Å²) in [6.07, 6.45) is 2.10. The Morgan fingerprint density at radius 1 is 1.21 bits per heavy atom. The summed E-state index contributed by atoms with van der Waals surface area (Å²) in [5.74, 6) is 1.07. The maximum absolute atomic E-state index is 5.95. The van der Waals surface area contributed by atoms with Gasteiger partial charge in [-0.2, -0.15) is 5.10 Å². The normalized spacial score (nSPS) is 16.8. The van der Waals surface area contributed by atoms with E-state index in [9.17, 15) is 0 Å². The topological polar surface area (TPSA) is 57.9 Å². The molecule has 1 fully saturated rings. The van der Waals surface area contributed by atoms with Crippen LogP contribution in [0.15, 0.2) is 30.3 Å². The van der Waals surface area contributed by atoms with Gasteiger partial charge >= 0.3 is 0 Å². The third kappa shape index (κ3) is 2.36. The third-order valence-corrected chi connectivity index (χ3v) is 3.89. The molecule has 19 heavy (non-hydrogen) atoms. The van der Waals surface area contributed by atoms with Crippen LogP contribution in [0.5, 0.6) is 0 Å². The Bertz CT molecular complexity index is 539. The summed E-state index contributed by atoms with van der Waals surface area (Å²) in [5.41, 5.74) is 9.48. The molecule has 1 aromatic heterocycles. The molecule has 1 aromatic carbocycles. The number of aromatic nitrogens is 2. The highest BCUT2D eigenvalue weighted by molar-refractivity contribution is 5.68. The molecule has 100 valence electrons. The van der Waals surface area contributed by atoms with Crippen molar-refractivity contribution in [3.8, 4) is 11.3 Å². The number of nitrogens with zero attached hydrogens (tertiary/aromatic N) is 2. The van der Waals surface area contributed by atoms with Crippen LogP contribution in [0, 0.1) is 6.92 Å². The van der Waals surface area contributed by atoms with Crippen LogP contribution in [0.3, 0.4) is 0 Å². The van der Waals surface area contributed by atoms with Gasteiger partial charge in [0, 0.05) is 24.7 Å². The number of hydrogen-bond acceptors (Lipinski definition) is 3. The summed E-state index contributed by atoms with van der Waals surface area (Å²) in [6, 6.07) is 10.7. The predicted octanol–water partition coefficient (Wildman–Crippen LogP) is 2.31. The number of anilines is 1. The van der Waals surface area contributed by atoms with Crippen molar-refractivity contribution >= 4 is 5.82 Å². The standard InChI is InChI=1S/C15H20N4/c1-11-14(12-5-3-2-4-6-12)17-18-15(11)19-9-7-13(16)8-10-19/h2-6,13H,7-10,16H2,1H3,(H,17,18). The molecule has 2 heterocycles. The van der Waals surface area contributed by atoms with Gasteiger partial charge in [-0.15, -0.1) is 0 Å². The van der Waals surface area contributed by atoms with Gasteiger partial charge in [0.2, 0.25) is 0 Å². The van der Waals surface area contributed by atoms with Crippen LogP contribution in [0.2, 0.25) is 0 Å². The van der Waals surface area contributed by atoms with E-state index < -0.39 is 0 Å². The van der Waals surface area contributed by atoms with Crippen LogP contribution in [0.1, 0.15) is 18.4 Å². The monoisotopic (exact) mass is 256 g/mol. The zero-order valence-electron chi connectivity index (χ0n) is 11.3. The molecule has 1 aliphatic rings. The zero-order valence-corrected chi connectivity index (χ0v) is 11.3. The lowest BCUT2D eigenvalue weighted by Crippen LogP contribution is -2.40. The summed E-state index contributed by atoms with van der Waals surface area (Å²) < 4.78 is 0. The highest BCUT2D eigenvalue weighted by Crippen LogP contribution is 2.29. The van der Waals surface area contributed by atoms with Crippen molar-refractivity contribution < 1.29 is 0 Å². The van der Waals surface area contributed by atoms with Crippen molar-refractivity contribution in [2.24, 2.45) is 5.73 Å². The smallest absolute Gasteiger partial charge is 0.153 e. The predicted molar refractivity (Wildman–Crippen MR) is 78.2 cm³/mol. The lowest BCUT2D eigenvalue weighted by Gasteiger charge is -2.30. The van der Waals surface area contributed by atoms with Gasteiger partial charge in [0.1, 0.15) is 0 Å². The van der Waals surface area contributed by atoms with E-state index in [0.29, 0.717) is 6.04 Å². The average Bonchev–Trinajstić information content (AvgIpc) is 2.83. The first-order valence-electron chi connectivity index (χ1n) is 6.86. The van der Waals surface area contributed by atoms with Gasteiger partial charge in [-0.3, -0.25) is 5.10 Å². The van der Waals surface area contributed by atoms with Gasteiger partial charge in [-0.05, 0) is 25.3 Å². The first-order chi connectivity index (χ1) is 9.25. The fourth-order valence-electron chi connectivity index (χ4n) is 2.69. The number of nitrogens with two attached hydrogens (primary N) is 1. The van der Waals surface area contributed by atoms with Crippen molar-refractivity contribution in [1.82, 2.24) is 10.2 Å². The van der Waals surface area contributed by atoms with Crippen LogP contribution < -0.4 is 10.6 Å². The van der Waals surface area contributed by atoms with Gasteiger partial charge in [0.05, 0.1) is 5.69 Å². The molecule has 2 aromatic rings. The summed E-state index contributed by atoms with van der Waals surface area (Å²) in [6.45, 7) is 4.14. The maximum Gasteiger partial charge on any atom is 0.153 e. The van der Waals surface area contributed by atoms with E-state index in [0.717, 1.165) is 37.4 Å². The number of rotatable bonds is 2. The largest absolute Gasteiger partial charge is 0.355 e. The second-order valence-corrected chi connectivity index (χ2v) is 5.24. The van der Waals surface area contributed by atoms with Crippen LogP contribution >= 0.6 is 0 Å². The summed E-state index contributed by atoms with van der Waals surface area (Å²) in [5, 5.41) is 7.68. The van der Waals surface area contributed by atoms with E-state index in [-0.39, 0.29) is 0 Å². The van der Waals surface area contributed by atoms with Gasteiger partial charge in [-0.1, -0.05) is 30.3 Å². The van der Waals surface area contributed by atoms with Crippen molar-refractivity contribution in [1.29, 1.82) is 0 Å². The van der Waals surface area contributed by atoms with Gasteiger partial charge in [0.25, 0.3) is 0 Å². The minimum atomic E-state index is 0.351. The molecule has 0 radical (unpaired) electrons. The zero-order chi connectivity index (χ0) is 13.2. The lowest BCUT2D eigenvalue weighted by molar-refractivity contribution is 0.498. The molecule has 3 N–H and O–H groups in total. The number of piperidine rings is 1. The molecular formula is C15H20N4. The fraction of sp³-hybridized carbons (Fsp3) is 0.400. The van der Waals surface area contributed by atoms with Crippen molar-refractivity contribution in [3.05, 3.63) is 35.9 Å². The second kappa shape index (κ2) is 5.05. The fourth-order valence-corrected chi connectivity index (χ4v) is 2.69. The number of hydrogen-bond donors (Lipinski definition) is 2. The van der Waals surface area contributed by atoms with Gasteiger partial charge in [0.15, 0.2) is 5.82 Å². The van der Waals surface area contributed by atoms with E-state index in [2.05, 4.69) is 46.3 Å². The number of benzene rings is 1. The molecule has 0 spiro atoms. The van der Waals surface area contributed by atoms with E-state index >= 15 is 0 Å². The molecule has 0 saturated carbocycles. The summed E-state index contributed by atoms with van der Waals surface area (Å²) in [7, 11) is 0. The summed E-state index contributed by atoms with van der Waals surface area (Å²) in [4.78, 5) is 2.33. The summed E-state index contributed by atoms with van der Waals surface area (Å²) >= 11 is 0. The van der Waals surface area contributed by atoms with E-state index in [1.165, 1.54) is 11.1 Å². The van der Waals surface area contributed by atoms with Crippen molar-refractivity contribution in [2.45, 2.75) is 25.8 Å². The Hall–Kier alpha value is -1.81. The van der Waals surface area contributed by atoms with Crippen molar-refractivity contribution in [3.63, 3.8) is 0 Å². The molecule has 1 saturated heterocycles. The quantitative estimate of drug-likeness (QED) is 0.867. The molecule has 0 aliphatic carbocycles. The highest BCUT2D eigenvalue weighted by Gasteiger charge is 2.21. The third-order valence-electron chi connectivity index (χ3n) is 3.89. The molecule has 1 aliphatic heterocycles. The maximum atomic E-state index is 5.95. The Balaban J connectivity index is 1.87. The molecule has 0 atom stereocenters. The van der Waals surface area contributed by atoms with E-state index in [4.69, 9.17) is 5.73 Å². The molecule has 0 bridgehead atoms. The second-order valence-electron chi connectivity index (χ2n) is 5.24. The number of H-pyrrole nitrogens is 1. The number of nitrogens with one attached hydrogen (secondary N) is 1. The van der Waals surface area contributed by atoms with Gasteiger partial charge < -0.3 is 10.6 Å². The van der Waals surface area contributed by atoms with E-state index in [1.807, 2.05) is 6.07 Å². The molecule has 4 heteroatoms. The molecule has 0 amide bonds. The average molecular weight is 256 g/mol. The minimum Gasteiger partial charge on any atom is -0.355 e. The molecule has 3 rings (SSSR count). The van der Waals surface area contributed by atoms with Crippen LogP contribution in [-0.4, -0.2) is 29.3 Å². The number of aromatic amines is 1. The van der Waals surface area contributed by atoms with E-state index in [1.54, 1.807) is 0 Å². The Morgan fingerprint density at radius 3 is 2.58 bits per heavy atom. The van der Waals surface area contributed by atoms with Crippen LogP contribution in [0.4, 0.5) is 5.82 Å².